The van der Waals surface area contributed by atoms with Crippen molar-refractivity contribution < 1.29 is 18.0 Å². The van der Waals surface area contributed by atoms with Crippen LogP contribution in [-0.2, 0) is 26.2 Å². The SMILES string of the molecule is CNC(=O)[C@@H](C)N(Cc1c(Cl)cccc1Cl)C(=O)CN(c1ccc(Cl)cc1)S(=O)(=O)c1ccccc1. The fourth-order valence-corrected chi connectivity index (χ4v) is 5.58. The van der Waals surface area contributed by atoms with Gasteiger partial charge in [0.15, 0.2) is 0 Å². The van der Waals surface area contributed by atoms with Crippen molar-refractivity contribution in [3.05, 3.63) is 93.4 Å². The van der Waals surface area contributed by atoms with Crippen LogP contribution in [0, 0.1) is 0 Å². The summed E-state index contributed by atoms with van der Waals surface area (Å²) in [6, 6.07) is 17.8. The Labute approximate surface area is 225 Å². The fourth-order valence-electron chi connectivity index (χ4n) is 3.50. The van der Waals surface area contributed by atoms with E-state index in [1.54, 1.807) is 43.3 Å². The van der Waals surface area contributed by atoms with Gasteiger partial charge in [-0.05, 0) is 55.5 Å². The van der Waals surface area contributed by atoms with Gasteiger partial charge in [0, 0.05) is 34.2 Å². The van der Waals surface area contributed by atoms with E-state index in [1.807, 2.05) is 0 Å². The molecule has 3 aromatic rings. The van der Waals surface area contributed by atoms with Crippen LogP contribution in [-0.4, -0.2) is 44.8 Å². The molecular formula is C25H24Cl3N3O4S. The molecule has 0 saturated carbocycles. The monoisotopic (exact) mass is 567 g/mol. The average Bonchev–Trinajstić information content (AvgIpc) is 2.87. The highest BCUT2D eigenvalue weighted by Crippen LogP contribution is 2.28. The van der Waals surface area contributed by atoms with Crippen molar-refractivity contribution in [3.8, 4) is 0 Å². The second-order valence-electron chi connectivity index (χ2n) is 7.81. The van der Waals surface area contributed by atoms with Crippen molar-refractivity contribution in [1.82, 2.24) is 10.2 Å². The summed E-state index contributed by atoms with van der Waals surface area (Å²) >= 11 is 18.7. The molecule has 0 fully saturated rings. The van der Waals surface area contributed by atoms with Gasteiger partial charge in [0.05, 0.1) is 10.6 Å². The average molecular weight is 569 g/mol. The number of halogens is 3. The first kappa shape index (κ1) is 27.8. The van der Waals surface area contributed by atoms with Crippen LogP contribution in [0.25, 0.3) is 0 Å². The zero-order valence-electron chi connectivity index (χ0n) is 19.5. The van der Waals surface area contributed by atoms with Gasteiger partial charge in [0.1, 0.15) is 12.6 Å². The molecule has 0 aromatic heterocycles. The molecule has 0 radical (unpaired) electrons. The highest BCUT2D eigenvalue weighted by Gasteiger charge is 2.32. The molecule has 1 N–H and O–H groups in total. The number of carbonyl (C=O) groups excluding carboxylic acids is 2. The Kier molecular flexibility index (Phi) is 9.24. The van der Waals surface area contributed by atoms with E-state index in [0.717, 1.165) is 4.31 Å². The van der Waals surface area contributed by atoms with Gasteiger partial charge in [0.2, 0.25) is 11.8 Å². The van der Waals surface area contributed by atoms with Crippen LogP contribution in [0.4, 0.5) is 5.69 Å². The first-order chi connectivity index (χ1) is 17.1. The molecule has 0 aliphatic heterocycles. The number of hydrogen-bond donors (Lipinski definition) is 1. The summed E-state index contributed by atoms with van der Waals surface area (Å²) in [5, 5.41) is 3.56. The summed E-state index contributed by atoms with van der Waals surface area (Å²) in [5.41, 5.74) is 0.675. The van der Waals surface area contributed by atoms with E-state index in [9.17, 15) is 18.0 Å². The van der Waals surface area contributed by atoms with Crippen LogP contribution in [0.1, 0.15) is 12.5 Å². The zero-order chi connectivity index (χ0) is 26.5. The predicted molar refractivity (Wildman–Crippen MR) is 143 cm³/mol. The third-order valence-electron chi connectivity index (χ3n) is 5.53. The lowest BCUT2D eigenvalue weighted by Gasteiger charge is -2.32. The Morgan fingerprint density at radius 1 is 0.889 bits per heavy atom. The van der Waals surface area contributed by atoms with Gasteiger partial charge in [0.25, 0.3) is 10.0 Å². The first-order valence-electron chi connectivity index (χ1n) is 10.8. The smallest absolute Gasteiger partial charge is 0.264 e. The van der Waals surface area contributed by atoms with Gasteiger partial charge in [-0.2, -0.15) is 0 Å². The lowest BCUT2D eigenvalue weighted by molar-refractivity contribution is -0.139. The molecule has 0 aliphatic rings. The van der Waals surface area contributed by atoms with Gasteiger partial charge < -0.3 is 10.2 Å². The van der Waals surface area contributed by atoms with Crippen molar-refractivity contribution in [3.63, 3.8) is 0 Å². The maximum Gasteiger partial charge on any atom is 0.264 e. The van der Waals surface area contributed by atoms with E-state index in [-0.39, 0.29) is 17.1 Å². The standard InChI is InChI=1S/C25H24Cl3N3O4S/c1-17(25(33)29-2)30(15-21-22(27)9-6-10-23(21)28)24(32)16-31(19-13-11-18(26)12-14-19)36(34,35)20-7-4-3-5-8-20/h3-14,17H,15-16H2,1-2H3,(H,29,33)/t17-/m1/s1. The molecular weight excluding hydrogens is 545 g/mol. The Balaban J connectivity index is 2.05. The molecule has 0 spiro atoms. The van der Waals surface area contributed by atoms with Crippen molar-refractivity contribution >= 4 is 62.3 Å². The topological polar surface area (TPSA) is 86.8 Å². The van der Waals surface area contributed by atoms with Crippen LogP contribution >= 0.6 is 34.8 Å². The van der Waals surface area contributed by atoms with Gasteiger partial charge in [-0.3, -0.25) is 13.9 Å². The summed E-state index contributed by atoms with van der Waals surface area (Å²) in [6.45, 7) is 0.855. The molecule has 190 valence electrons. The maximum atomic E-state index is 13.7. The highest BCUT2D eigenvalue weighted by molar-refractivity contribution is 7.92. The minimum absolute atomic E-state index is 0.00722. The number of carbonyl (C=O) groups is 2. The predicted octanol–water partition coefficient (Wildman–Crippen LogP) is 5.01. The molecule has 3 rings (SSSR count). The Bertz CT molecular complexity index is 1320. The zero-order valence-corrected chi connectivity index (χ0v) is 22.6. The van der Waals surface area contributed by atoms with E-state index in [1.165, 1.54) is 48.3 Å². The summed E-state index contributed by atoms with van der Waals surface area (Å²) < 4.78 is 28.2. The van der Waals surface area contributed by atoms with E-state index in [0.29, 0.717) is 20.6 Å². The van der Waals surface area contributed by atoms with Gasteiger partial charge in [-0.15, -0.1) is 0 Å². The third kappa shape index (κ3) is 6.31. The Hall–Kier alpha value is -2.78. The molecule has 3 aromatic carbocycles. The molecule has 0 bridgehead atoms. The number of anilines is 1. The number of hydrogen-bond acceptors (Lipinski definition) is 4. The molecule has 11 heteroatoms. The number of nitrogens with zero attached hydrogens (tertiary/aromatic N) is 2. The highest BCUT2D eigenvalue weighted by atomic mass is 35.5. The van der Waals surface area contributed by atoms with Gasteiger partial charge in [-0.1, -0.05) is 59.1 Å². The largest absolute Gasteiger partial charge is 0.357 e. The molecule has 0 unspecified atom stereocenters. The number of nitrogens with one attached hydrogen (secondary N) is 1. The van der Waals surface area contributed by atoms with E-state index in [4.69, 9.17) is 34.8 Å². The van der Waals surface area contributed by atoms with Crippen molar-refractivity contribution in [1.29, 1.82) is 0 Å². The quantitative estimate of drug-likeness (QED) is 0.393. The Morgan fingerprint density at radius 3 is 2.03 bits per heavy atom. The number of likely N-dealkylation sites (N-methyl/N-ethyl adjacent to an activating group) is 1. The summed E-state index contributed by atoms with van der Waals surface area (Å²) in [6.07, 6.45) is 0. The second kappa shape index (κ2) is 12.0. The van der Waals surface area contributed by atoms with E-state index >= 15 is 0 Å². The molecule has 36 heavy (non-hydrogen) atoms. The van der Waals surface area contributed by atoms with E-state index < -0.39 is 34.4 Å². The molecule has 0 heterocycles. The lowest BCUT2D eigenvalue weighted by atomic mass is 10.1. The summed E-state index contributed by atoms with van der Waals surface area (Å²) in [4.78, 5) is 27.5. The van der Waals surface area contributed by atoms with Crippen LogP contribution < -0.4 is 9.62 Å². The number of amides is 2. The third-order valence-corrected chi connectivity index (χ3v) is 8.28. The molecule has 7 nitrogen and oxygen atoms in total. The van der Waals surface area contributed by atoms with Crippen molar-refractivity contribution in [2.45, 2.75) is 24.4 Å². The molecule has 0 saturated heterocycles. The normalized spacial score (nSPS) is 12.0. The van der Waals surface area contributed by atoms with Crippen molar-refractivity contribution in [2.75, 3.05) is 17.9 Å². The fraction of sp³-hybridized carbons (Fsp3) is 0.200. The minimum atomic E-state index is -4.15. The molecule has 1 atom stereocenters. The van der Waals surface area contributed by atoms with Gasteiger partial charge in [-0.25, -0.2) is 8.42 Å². The van der Waals surface area contributed by atoms with Crippen molar-refractivity contribution in [2.24, 2.45) is 0 Å². The number of sulfonamides is 1. The maximum absolute atomic E-state index is 13.7. The van der Waals surface area contributed by atoms with Gasteiger partial charge >= 0.3 is 0 Å². The number of rotatable bonds is 9. The summed E-state index contributed by atoms with van der Waals surface area (Å²) in [7, 11) is -2.70. The summed E-state index contributed by atoms with van der Waals surface area (Å²) in [5.74, 6) is -1.06. The molecule has 2 amide bonds. The number of benzene rings is 3. The van der Waals surface area contributed by atoms with Crippen LogP contribution in [0.3, 0.4) is 0 Å². The van der Waals surface area contributed by atoms with Crippen LogP contribution in [0.2, 0.25) is 15.1 Å². The lowest BCUT2D eigenvalue weighted by Crippen LogP contribution is -2.50. The van der Waals surface area contributed by atoms with Crippen LogP contribution in [0.5, 0.6) is 0 Å². The Morgan fingerprint density at radius 2 is 1.47 bits per heavy atom. The van der Waals surface area contributed by atoms with E-state index in [2.05, 4.69) is 5.32 Å². The van der Waals surface area contributed by atoms with Crippen LogP contribution in [0.15, 0.2) is 77.7 Å². The molecule has 0 aliphatic carbocycles. The minimum Gasteiger partial charge on any atom is -0.357 e. The second-order valence-corrected chi connectivity index (χ2v) is 10.9. The first-order valence-corrected chi connectivity index (χ1v) is 13.4.